The molecule has 0 radical (unpaired) electrons. The van der Waals surface area contributed by atoms with Crippen LogP contribution >= 0.6 is 23.5 Å². The summed E-state index contributed by atoms with van der Waals surface area (Å²) in [5.41, 5.74) is -1.61. The highest BCUT2D eigenvalue weighted by atomic mass is 79.9. The largest absolute Gasteiger partial charge is 0.399 e. The molecule has 6 nitrogen and oxygen atoms in total. The van der Waals surface area contributed by atoms with Crippen LogP contribution in [0, 0.1) is 0 Å². The van der Waals surface area contributed by atoms with Crippen molar-refractivity contribution in [3.05, 3.63) is 69.7 Å². The molecule has 2 aromatic carbocycles. The van der Waals surface area contributed by atoms with Crippen molar-refractivity contribution in [2.45, 2.75) is 12.1 Å². The minimum Gasteiger partial charge on any atom is -0.367 e. The van der Waals surface area contributed by atoms with Crippen LogP contribution in [0.3, 0.4) is 0 Å². The van der Waals surface area contributed by atoms with Gasteiger partial charge in [0.25, 0.3) is 0 Å². The van der Waals surface area contributed by atoms with E-state index in [1.165, 1.54) is 12.1 Å². The van der Waals surface area contributed by atoms with Crippen LogP contribution in [0.25, 0.3) is 0 Å². The first kappa shape index (κ1) is 20.7. The summed E-state index contributed by atoms with van der Waals surface area (Å²) in [5, 5.41) is 0. The summed E-state index contributed by atoms with van der Waals surface area (Å²) in [5.74, 6) is -0.552. The van der Waals surface area contributed by atoms with Gasteiger partial charge >= 0.3 is 19.2 Å². The highest BCUT2D eigenvalue weighted by molar-refractivity contribution is 9.10. The van der Waals surface area contributed by atoms with Gasteiger partial charge in [-0.25, -0.2) is 4.79 Å². The van der Waals surface area contributed by atoms with Crippen LogP contribution in [0.5, 0.6) is 0 Å². The summed E-state index contributed by atoms with van der Waals surface area (Å²) in [4.78, 5) is 34.2. The lowest BCUT2D eigenvalue weighted by atomic mass is 10.1. The van der Waals surface area contributed by atoms with Crippen molar-refractivity contribution in [1.29, 1.82) is 0 Å². The molecule has 0 saturated heterocycles. The number of hydroxylamine groups is 1. The number of halogens is 3. The third-order valence-electron chi connectivity index (χ3n) is 3.41. The fraction of sp³-hybridized carbons (Fsp3) is 0.188. The number of carbonyl (C=O) groups is 1. The minimum atomic E-state index is -5.63. The zero-order valence-corrected chi connectivity index (χ0v) is 15.7. The number of hydrogen-bond donors (Lipinski definition) is 3. The lowest BCUT2D eigenvalue weighted by molar-refractivity contribution is 0.0256. The third kappa shape index (κ3) is 4.96. The van der Waals surface area contributed by atoms with Gasteiger partial charge in [0.15, 0.2) is 0 Å². The molecule has 2 rings (SSSR count). The summed E-state index contributed by atoms with van der Waals surface area (Å²) < 4.78 is 38.3. The maximum absolute atomic E-state index is 13.7. The van der Waals surface area contributed by atoms with E-state index >= 15 is 0 Å². The molecule has 26 heavy (non-hydrogen) atoms. The second-order valence-electron chi connectivity index (χ2n) is 5.30. The van der Waals surface area contributed by atoms with Crippen molar-refractivity contribution >= 4 is 29.5 Å². The molecule has 0 unspecified atom stereocenters. The minimum absolute atomic E-state index is 0.121. The van der Waals surface area contributed by atoms with Gasteiger partial charge in [0.05, 0.1) is 5.56 Å². The summed E-state index contributed by atoms with van der Waals surface area (Å²) in [6.45, 7) is 0.221. The smallest absolute Gasteiger partial charge is 0.367 e. The van der Waals surface area contributed by atoms with Gasteiger partial charge in [-0.3, -0.25) is 4.57 Å². The van der Waals surface area contributed by atoms with Gasteiger partial charge in [-0.2, -0.15) is 14.3 Å². The van der Waals surface area contributed by atoms with E-state index in [0.29, 0.717) is 17.5 Å². The van der Waals surface area contributed by atoms with Crippen molar-refractivity contribution in [3.63, 3.8) is 0 Å². The second kappa shape index (κ2) is 8.37. The molecule has 0 atom stereocenters. The predicted molar refractivity (Wildman–Crippen MR) is 93.6 cm³/mol. The molecular weight excluding hydrogens is 435 g/mol. The van der Waals surface area contributed by atoms with Crippen LogP contribution < -0.4 is 5.48 Å². The average molecular weight is 450 g/mol. The Labute approximate surface area is 156 Å². The van der Waals surface area contributed by atoms with Crippen LogP contribution in [0.15, 0.2) is 53.0 Å². The standard InChI is InChI=1S/C16H15BrF2NO5P/c17-14-10-11(6-7-13(14)16(18,19)26(22,23)24)8-9-20-25-15(21)12-4-2-1-3-5-12/h1-7,10,20H,8-9H2,(H2,22,23,24). The van der Waals surface area contributed by atoms with Crippen molar-refractivity contribution < 1.29 is 32.8 Å². The number of nitrogens with one attached hydrogen (secondary N) is 1. The number of hydrogen-bond acceptors (Lipinski definition) is 4. The number of carbonyl (C=O) groups excluding carboxylic acids is 1. The molecular formula is C16H15BrF2NO5P. The highest BCUT2D eigenvalue weighted by Gasteiger charge is 2.51. The summed E-state index contributed by atoms with van der Waals surface area (Å²) in [6.07, 6.45) is 0.336. The molecule has 0 heterocycles. The SMILES string of the molecule is O=C(ONCCc1ccc(C(F)(F)P(=O)(O)O)c(Br)c1)c1ccccc1. The molecule has 140 valence electrons. The molecule has 0 aliphatic carbocycles. The molecule has 2 aromatic rings. The number of alkyl halides is 2. The molecule has 0 saturated carbocycles. The van der Waals surface area contributed by atoms with Crippen LogP contribution in [0.1, 0.15) is 21.5 Å². The quantitative estimate of drug-likeness (QED) is 0.339. The molecule has 10 heteroatoms. The van der Waals surface area contributed by atoms with Crippen LogP contribution in [0.2, 0.25) is 0 Å². The molecule has 0 bridgehead atoms. The molecule has 0 amide bonds. The van der Waals surface area contributed by atoms with Gasteiger partial charge < -0.3 is 14.6 Å². The van der Waals surface area contributed by atoms with E-state index in [1.807, 2.05) is 0 Å². The van der Waals surface area contributed by atoms with Gasteiger partial charge in [-0.15, -0.1) is 0 Å². The summed E-state index contributed by atoms with van der Waals surface area (Å²) in [6, 6.07) is 12.0. The first-order valence-corrected chi connectivity index (χ1v) is 9.75. The fourth-order valence-electron chi connectivity index (χ4n) is 2.06. The molecule has 0 aliphatic rings. The first-order chi connectivity index (χ1) is 12.1. The zero-order chi connectivity index (χ0) is 19.4. The number of benzene rings is 2. The summed E-state index contributed by atoms with van der Waals surface area (Å²) >= 11 is 2.91. The normalized spacial score (nSPS) is 12.0. The Morgan fingerprint density at radius 3 is 2.42 bits per heavy atom. The van der Waals surface area contributed by atoms with Crippen molar-refractivity contribution in [3.8, 4) is 0 Å². The van der Waals surface area contributed by atoms with E-state index in [2.05, 4.69) is 21.4 Å². The van der Waals surface area contributed by atoms with Crippen molar-refractivity contribution in [1.82, 2.24) is 5.48 Å². The monoisotopic (exact) mass is 449 g/mol. The van der Waals surface area contributed by atoms with Gasteiger partial charge in [0, 0.05) is 16.6 Å². The van der Waals surface area contributed by atoms with E-state index in [1.54, 1.807) is 30.3 Å². The maximum Gasteiger partial charge on any atom is 0.399 e. The maximum atomic E-state index is 13.7. The Hall–Kier alpha value is -1.64. The summed E-state index contributed by atoms with van der Waals surface area (Å²) in [7, 11) is -5.63. The van der Waals surface area contributed by atoms with E-state index in [9.17, 15) is 18.1 Å². The van der Waals surface area contributed by atoms with Gasteiger partial charge in [-0.05, 0) is 30.2 Å². The lowest BCUT2D eigenvalue weighted by Gasteiger charge is -2.19. The van der Waals surface area contributed by atoms with Gasteiger partial charge in [-0.1, -0.05) is 46.3 Å². The molecule has 3 N–H and O–H groups in total. The fourth-order valence-corrected chi connectivity index (χ4v) is 3.40. The zero-order valence-electron chi connectivity index (χ0n) is 13.2. The van der Waals surface area contributed by atoms with Crippen LogP contribution in [-0.2, 0) is 21.5 Å². The Morgan fingerprint density at radius 1 is 1.19 bits per heavy atom. The Morgan fingerprint density at radius 2 is 1.85 bits per heavy atom. The second-order valence-corrected chi connectivity index (χ2v) is 7.80. The van der Waals surface area contributed by atoms with Crippen molar-refractivity contribution in [2.24, 2.45) is 0 Å². The Kier molecular flexibility index (Phi) is 6.65. The predicted octanol–water partition coefficient (Wildman–Crippen LogP) is 3.58. The topological polar surface area (TPSA) is 95.9 Å². The third-order valence-corrected chi connectivity index (χ3v) is 5.04. The van der Waals surface area contributed by atoms with Crippen molar-refractivity contribution in [2.75, 3.05) is 6.54 Å². The lowest BCUT2D eigenvalue weighted by Crippen LogP contribution is -2.22. The van der Waals surface area contributed by atoms with E-state index in [4.69, 9.17) is 14.6 Å². The average Bonchev–Trinajstić information content (AvgIpc) is 2.58. The van der Waals surface area contributed by atoms with Crippen LogP contribution in [-0.4, -0.2) is 22.3 Å². The Balaban J connectivity index is 1.92. The highest BCUT2D eigenvalue weighted by Crippen LogP contribution is 2.60. The van der Waals surface area contributed by atoms with E-state index < -0.39 is 24.8 Å². The van der Waals surface area contributed by atoms with E-state index in [-0.39, 0.29) is 11.0 Å². The van der Waals surface area contributed by atoms with Gasteiger partial charge in [0.2, 0.25) is 0 Å². The molecule has 0 aliphatic heterocycles. The van der Waals surface area contributed by atoms with Gasteiger partial charge in [0.1, 0.15) is 0 Å². The van der Waals surface area contributed by atoms with Crippen LogP contribution in [0.4, 0.5) is 8.78 Å². The molecule has 0 spiro atoms. The molecule has 0 fully saturated rings. The Bertz CT molecular complexity index is 829. The molecule has 0 aromatic heterocycles. The first-order valence-electron chi connectivity index (χ1n) is 7.34. The number of rotatable bonds is 7. The van der Waals surface area contributed by atoms with E-state index in [0.717, 1.165) is 6.07 Å².